The molecule has 1 unspecified atom stereocenters. The maximum Gasteiger partial charge on any atom is 0.311 e. The Labute approximate surface area is 93.1 Å². The first-order valence-electron chi connectivity index (χ1n) is 5.66. The van der Waals surface area contributed by atoms with E-state index in [4.69, 9.17) is 9.47 Å². The Morgan fingerprint density at radius 2 is 1.93 bits per heavy atom. The summed E-state index contributed by atoms with van der Waals surface area (Å²) in [5.74, 6) is -0.172. The zero-order chi connectivity index (χ0) is 11.9. The molecule has 0 aliphatic carbocycles. The maximum atomic E-state index is 11.5. The van der Waals surface area contributed by atoms with E-state index in [1.54, 1.807) is 0 Å². The molecule has 0 aromatic rings. The normalized spacial score (nSPS) is 13.7. The molecule has 0 rings (SSSR count). The highest BCUT2D eigenvalue weighted by Gasteiger charge is 2.24. The Kier molecular flexibility index (Phi) is 6.57. The molecule has 0 aromatic heterocycles. The van der Waals surface area contributed by atoms with Crippen molar-refractivity contribution in [3.8, 4) is 0 Å². The molecule has 1 atom stereocenters. The number of ether oxygens (including phenoxy) is 2. The fourth-order valence-electron chi connectivity index (χ4n) is 0.889. The van der Waals surface area contributed by atoms with Crippen LogP contribution in [0.5, 0.6) is 0 Å². The number of esters is 1. The summed E-state index contributed by atoms with van der Waals surface area (Å²) in [5.41, 5.74) is -0.433. The molecule has 0 N–H and O–H groups in total. The van der Waals surface area contributed by atoms with Crippen LogP contribution in [0.4, 0.5) is 0 Å². The van der Waals surface area contributed by atoms with Crippen LogP contribution in [0, 0.1) is 5.41 Å². The van der Waals surface area contributed by atoms with Crippen molar-refractivity contribution in [3.63, 3.8) is 0 Å². The van der Waals surface area contributed by atoms with Crippen LogP contribution in [0.15, 0.2) is 0 Å². The molecule has 0 bridgehead atoms. The van der Waals surface area contributed by atoms with Gasteiger partial charge < -0.3 is 9.47 Å². The average molecular weight is 216 g/mol. The monoisotopic (exact) mass is 216 g/mol. The molecule has 0 radical (unpaired) electrons. The van der Waals surface area contributed by atoms with E-state index in [-0.39, 0.29) is 12.1 Å². The molecule has 0 aromatic carbocycles. The zero-order valence-electron chi connectivity index (χ0n) is 10.6. The largest absolute Gasteiger partial charge is 0.460 e. The van der Waals surface area contributed by atoms with Crippen LogP contribution < -0.4 is 0 Å². The third kappa shape index (κ3) is 7.37. The second-order valence-electron chi connectivity index (χ2n) is 4.89. The van der Waals surface area contributed by atoms with E-state index in [0.29, 0.717) is 6.61 Å². The van der Waals surface area contributed by atoms with Gasteiger partial charge >= 0.3 is 5.97 Å². The molecule has 0 saturated carbocycles. The summed E-state index contributed by atoms with van der Waals surface area (Å²) in [4.78, 5) is 11.5. The summed E-state index contributed by atoms with van der Waals surface area (Å²) in [6.07, 6.45) is 2.02. The molecule has 3 heteroatoms. The Balaban J connectivity index is 3.65. The summed E-state index contributed by atoms with van der Waals surface area (Å²) in [5, 5.41) is 0. The first kappa shape index (κ1) is 14.4. The van der Waals surface area contributed by atoms with E-state index < -0.39 is 5.41 Å². The summed E-state index contributed by atoms with van der Waals surface area (Å²) in [6.45, 7) is 10.7. The van der Waals surface area contributed by atoms with Crippen molar-refractivity contribution in [1.29, 1.82) is 0 Å². The molecule has 0 aliphatic rings. The van der Waals surface area contributed by atoms with E-state index in [1.165, 1.54) is 0 Å². The molecule has 15 heavy (non-hydrogen) atoms. The SMILES string of the molecule is CCCCOCC(C)OC(=O)C(C)(C)C. The van der Waals surface area contributed by atoms with Gasteiger partial charge in [0.2, 0.25) is 0 Å². The predicted molar refractivity (Wildman–Crippen MR) is 60.7 cm³/mol. The molecule has 0 spiro atoms. The molecule has 0 heterocycles. The van der Waals surface area contributed by atoms with Crippen molar-refractivity contribution in [2.24, 2.45) is 5.41 Å². The average Bonchev–Trinajstić information content (AvgIpc) is 2.11. The van der Waals surface area contributed by atoms with Crippen molar-refractivity contribution in [2.45, 2.75) is 53.6 Å². The first-order chi connectivity index (χ1) is 6.88. The molecular weight excluding hydrogens is 192 g/mol. The highest BCUT2D eigenvalue weighted by Crippen LogP contribution is 2.16. The van der Waals surface area contributed by atoms with Gasteiger partial charge in [-0.15, -0.1) is 0 Å². The third-order valence-corrected chi connectivity index (χ3v) is 1.92. The second kappa shape index (κ2) is 6.83. The highest BCUT2D eigenvalue weighted by atomic mass is 16.6. The minimum atomic E-state index is -0.433. The van der Waals surface area contributed by atoms with Crippen LogP contribution in [-0.4, -0.2) is 25.3 Å². The van der Waals surface area contributed by atoms with Gasteiger partial charge in [-0.05, 0) is 34.1 Å². The van der Waals surface area contributed by atoms with E-state index >= 15 is 0 Å². The zero-order valence-corrected chi connectivity index (χ0v) is 10.6. The Morgan fingerprint density at radius 1 is 1.33 bits per heavy atom. The van der Waals surface area contributed by atoms with Crippen molar-refractivity contribution in [2.75, 3.05) is 13.2 Å². The topological polar surface area (TPSA) is 35.5 Å². The number of carbonyl (C=O) groups excluding carboxylic acids is 1. The Hall–Kier alpha value is -0.570. The number of rotatable bonds is 6. The lowest BCUT2D eigenvalue weighted by Gasteiger charge is -2.20. The van der Waals surface area contributed by atoms with Crippen molar-refractivity contribution in [3.05, 3.63) is 0 Å². The van der Waals surface area contributed by atoms with Gasteiger partial charge in [-0.3, -0.25) is 4.79 Å². The lowest BCUT2D eigenvalue weighted by Crippen LogP contribution is -2.29. The number of unbranched alkanes of at least 4 members (excludes halogenated alkanes) is 1. The molecule has 0 amide bonds. The maximum absolute atomic E-state index is 11.5. The van der Waals surface area contributed by atoms with Crippen LogP contribution in [0.3, 0.4) is 0 Å². The predicted octanol–water partition coefficient (Wildman–Crippen LogP) is 2.78. The summed E-state index contributed by atoms with van der Waals surface area (Å²) in [7, 11) is 0. The lowest BCUT2D eigenvalue weighted by molar-refractivity contribution is -0.160. The minimum absolute atomic E-state index is 0.159. The van der Waals surface area contributed by atoms with Crippen molar-refractivity contribution >= 4 is 5.97 Å². The van der Waals surface area contributed by atoms with Crippen LogP contribution in [0.1, 0.15) is 47.5 Å². The van der Waals surface area contributed by atoms with Gasteiger partial charge in [0.25, 0.3) is 0 Å². The highest BCUT2D eigenvalue weighted by molar-refractivity contribution is 5.75. The standard InChI is InChI=1S/C12H24O3/c1-6-7-8-14-9-10(2)15-11(13)12(3,4)5/h10H,6-9H2,1-5H3. The first-order valence-corrected chi connectivity index (χ1v) is 5.66. The smallest absolute Gasteiger partial charge is 0.311 e. The van der Waals surface area contributed by atoms with Crippen LogP contribution >= 0.6 is 0 Å². The van der Waals surface area contributed by atoms with Gasteiger partial charge in [-0.2, -0.15) is 0 Å². The fraction of sp³-hybridized carbons (Fsp3) is 0.917. The van der Waals surface area contributed by atoms with Gasteiger partial charge in [0, 0.05) is 6.61 Å². The number of carbonyl (C=O) groups is 1. The van der Waals surface area contributed by atoms with Gasteiger partial charge in [0.1, 0.15) is 6.10 Å². The second-order valence-corrected chi connectivity index (χ2v) is 4.89. The molecule has 0 aliphatic heterocycles. The van der Waals surface area contributed by atoms with Gasteiger partial charge in [-0.1, -0.05) is 13.3 Å². The van der Waals surface area contributed by atoms with Crippen LogP contribution in [0.25, 0.3) is 0 Å². The molecule has 0 fully saturated rings. The molecule has 90 valence electrons. The van der Waals surface area contributed by atoms with Gasteiger partial charge in [0.15, 0.2) is 0 Å². The summed E-state index contributed by atoms with van der Waals surface area (Å²) < 4.78 is 10.6. The fourth-order valence-corrected chi connectivity index (χ4v) is 0.889. The van der Waals surface area contributed by atoms with Crippen molar-refractivity contribution < 1.29 is 14.3 Å². The van der Waals surface area contributed by atoms with Gasteiger partial charge in [0.05, 0.1) is 12.0 Å². The molecular formula is C12H24O3. The number of hydrogen-bond donors (Lipinski definition) is 0. The van der Waals surface area contributed by atoms with E-state index in [9.17, 15) is 4.79 Å². The number of hydrogen-bond acceptors (Lipinski definition) is 3. The van der Waals surface area contributed by atoms with Crippen LogP contribution in [-0.2, 0) is 14.3 Å². The van der Waals surface area contributed by atoms with E-state index in [0.717, 1.165) is 19.4 Å². The Bertz CT molecular complexity index is 182. The summed E-state index contributed by atoms with van der Waals surface area (Å²) in [6, 6.07) is 0. The Morgan fingerprint density at radius 3 is 2.40 bits per heavy atom. The third-order valence-electron chi connectivity index (χ3n) is 1.92. The van der Waals surface area contributed by atoms with Gasteiger partial charge in [-0.25, -0.2) is 0 Å². The quantitative estimate of drug-likeness (QED) is 0.506. The minimum Gasteiger partial charge on any atom is -0.460 e. The lowest BCUT2D eigenvalue weighted by atomic mass is 9.97. The molecule has 3 nitrogen and oxygen atoms in total. The van der Waals surface area contributed by atoms with E-state index in [2.05, 4.69) is 6.92 Å². The van der Waals surface area contributed by atoms with Crippen molar-refractivity contribution in [1.82, 2.24) is 0 Å². The van der Waals surface area contributed by atoms with E-state index in [1.807, 2.05) is 27.7 Å². The summed E-state index contributed by atoms with van der Waals surface area (Å²) >= 11 is 0. The van der Waals surface area contributed by atoms with Crippen LogP contribution in [0.2, 0.25) is 0 Å². The molecule has 0 saturated heterocycles.